The van der Waals surface area contributed by atoms with E-state index in [9.17, 15) is 4.79 Å². The van der Waals surface area contributed by atoms with Crippen molar-refractivity contribution in [2.45, 2.75) is 12.8 Å². The summed E-state index contributed by atoms with van der Waals surface area (Å²) in [6.07, 6.45) is 1.45. The van der Waals surface area contributed by atoms with E-state index in [2.05, 4.69) is 28.7 Å². The van der Waals surface area contributed by atoms with E-state index in [0.29, 0.717) is 13.1 Å². The molecule has 5 heteroatoms. The minimum Gasteiger partial charge on any atom is -0.453 e. The van der Waals surface area contributed by atoms with Crippen LogP contribution in [-0.4, -0.2) is 31.2 Å². The van der Waals surface area contributed by atoms with Gasteiger partial charge in [0.2, 0.25) is 0 Å². The van der Waals surface area contributed by atoms with E-state index in [1.54, 1.807) is 4.90 Å². The summed E-state index contributed by atoms with van der Waals surface area (Å²) in [7, 11) is 1.42. The summed E-state index contributed by atoms with van der Waals surface area (Å²) < 4.78 is 5.83. The van der Waals surface area contributed by atoms with Crippen molar-refractivity contribution in [2.24, 2.45) is 0 Å². The number of carbonyl (C=O) groups excluding carboxylic acids is 1. The highest BCUT2D eigenvalue weighted by Gasteiger charge is 2.19. The minimum atomic E-state index is -0.250. The Balaban J connectivity index is 2.21. The molecule has 0 aromatic heterocycles. The van der Waals surface area contributed by atoms with Gasteiger partial charge in [-0.3, -0.25) is 0 Å². The Hall–Kier alpha value is -0.980. The Bertz CT molecular complexity index is 415. The Morgan fingerprint density at radius 3 is 2.53 bits per heavy atom. The first-order valence-electron chi connectivity index (χ1n) is 5.51. The number of nitrogens with two attached hydrogens (primary N) is 1. The molecule has 92 valence electrons. The van der Waals surface area contributed by atoms with Crippen LogP contribution in [0.2, 0.25) is 0 Å². The number of fused-ring (bicyclic) bond motifs is 1. The molecule has 1 aromatic rings. The van der Waals surface area contributed by atoms with Gasteiger partial charge in [-0.25, -0.2) is 4.79 Å². The van der Waals surface area contributed by atoms with Crippen LogP contribution in [0.15, 0.2) is 12.1 Å². The number of hydrogen-bond donors (Lipinski definition) is 1. The summed E-state index contributed by atoms with van der Waals surface area (Å²) >= 11 is 2.24. The second-order valence-corrected chi connectivity index (χ2v) is 5.26. The van der Waals surface area contributed by atoms with Gasteiger partial charge in [0.15, 0.2) is 0 Å². The molecule has 2 rings (SSSR count). The van der Waals surface area contributed by atoms with E-state index in [1.165, 1.54) is 18.2 Å². The first-order valence-corrected chi connectivity index (χ1v) is 6.59. The molecule has 0 saturated heterocycles. The van der Waals surface area contributed by atoms with E-state index in [-0.39, 0.29) is 6.09 Å². The maximum Gasteiger partial charge on any atom is 0.409 e. The zero-order valence-corrected chi connectivity index (χ0v) is 11.9. The van der Waals surface area contributed by atoms with Crippen LogP contribution in [0.1, 0.15) is 11.1 Å². The van der Waals surface area contributed by atoms with Gasteiger partial charge < -0.3 is 15.4 Å². The lowest BCUT2D eigenvalue weighted by atomic mass is 10.0. The molecular formula is C12H15IN2O2. The van der Waals surface area contributed by atoms with Crippen molar-refractivity contribution in [3.05, 3.63) is 26.8 Å². The molecule has 1 heterocycles. The van der Waals surface area contributed by atoms with Gasteiger partial charge in [-0.2, -0.15) is 0 Å². The third-order valence-corrected chi connectivity index (χ3v) is 3.99. The quantitative estimate of drug-likeness (QED) is 0.578. The monoisotopic (exact) mass is 346 g/mol. The van der Waals surface area contributed by atoms with Crippen molar-refractivity contribution in [2.75, 3.05) is 25.9 Å². The number of carbonyl (C=O) groups is 1. The minimum absolute atomic E-state index is 0.250. The van der Waals surface area contributed by atoms with Crippen LogP contribution in [0.25, 0.3) is 0 Å². The normalized spacial score (nSPS) is 15.1. The maximum atomic E-state index is 11.5. The van der Waals surface area contributed by atoms with Gasteiger partial charge in [-0.05, 0) is 58.7 Å². The molecule has 0 saturated carbocycles. The van der Waals surface area contributed by atoms with Gasteiger partial charge >= 0.3 is 6.09 Å². The topological polar surface area (TPSA) is 55.6 Å². The standard InChI is InChI=1S/C12H15IN2O2/c1-17-12(16)15-4-2-8-6-10(13)11(14)7-9(8)3-5-15/h6-7H,2-5,14H2,1H3. The SMILES string of the molecule is COC(=O)N1CCc2cc(N)c(I)cc2CC1. The predicted octanol–water partition coefficient (Wildman–Crippen LogP) is 2.04. The molecule has 0 unspecified atom stereocenters. The number of anilines is 1. The number of nitrogens with zero attached hydrogens (tertiary/aromatic N) is 1. The Labute approximate surface area is 114 Å². The highest BCUT2D eigenvalue weighted by molar-refractivity contribution is 14.1. The van der Waals surface area contributed by atoms with Crippen molar-refractivity contribution in [1.82, 2.24) is 4.90 Å². The zero-order chi connectivity index (χ0) is 12.4. The molecule has 1 aliphatic heterocycles. The second-order valence-electron chi connectivity index (χ2n) is 4.10. The number of halogens is 1. The van der Waals surface area contributed by atoms with Gasteiger partial charge in [0.25, 0.3) is 0 Å². The van der Waals surface area contributed by atoms with E-state index in [1.807, 2.05) is 6.07 Å². The average Bonchev–Trinajstić information content (AvgIpc) is 2.52. The lowest BCUT2D eigenvalue weighted by Gasteiger charge is -2.17. The molecular weight excluding hydrogens is 331 g/mol. The van der Waals surface area contributed by atoms with Crippen LogP contribution in [0.5, 0.6) is 0 Å². The Morgan fingerprint density at radius 1 is 1.35 bits per heavy atom. The number of rotatable bonds is 0. The molecule has 2 N–H and O–H groups in total. The van der Waals surface area contributed by atoms with Crippen molar-refractivity contribution in [3.8, 4) is 0 Å². The molecule has 1 aliphatic rings. The Morgan fingerprint density at radius 2 is 1.94 bits per heavy atom. The summed E-state index contributed by atoms with van der Waals surface area (Å²) in [5.41, 5.74) is 9.25. The van der Waals surface area contributed by atoms with E-state index in [0.717, 1.165) is 22.1 Å². The predicted molar refractivity (Wildman–Crippen MR) is 75.0 cm³/mol. The Kier molecular flexibility index (Phi) is 3.76. The summed E-state index contributed by atoms with van der Waals surface area (Å²) in [6, 6.07) is 4.14. The number of amides is 1. The van der Waals surface area contributed by atoms with Crippen LogP contribution in [-0.2, 0) is 17.6 Å². The average molecular weight is 346 g/mol. The molecule has 4 nitrogen and oxygen atoms in total. The number of benzene rings is 1. The molecule has 0 bridgehead atoms. The van der Waals surface area contributed by atoms with Crippen molar-refractivity contribution in [1.29, 1.82) is 0 Å². The third kappa shape index (κ3) is 2.65. The van der Waals surface area contributed by atoms with Gasteiger partial charge in [-0.1, -0.05) is 0 Å². The first-order chi connectivity index (χ1) is 8.11. The fourth-order valence-corrected chi connectivity index (χ4v) is 2.61. The molecule has 1 aromatic carbocycles. The third-order valence-electron chi connectivity index (χ3n) is 3.05. The number of methoxy groups -OCH3 is 1. The molecule has 17 heavy (non-hydrogen) atoms. The summed E-state index contributed by atoms with van der Waals surface area (Å²) in [6.45, 7) is 1.40. The maximum absolute atomic E-state index is 11.5. The van der Waals surface area contributed by atoms with Gasteiger partial charge in [0.05, 0.1) is 7.11 Å². The van der Waals surface area contributed by atoms with E-state index >= 15 is 0 Å². The second kappa shape index (κ2) is 5.12. The fraction of sp³-hybridized carbons (Fsp3) is 0.417. The van der Waals surface area contributed by atoms with Gasteiger partial charge in [0, 0.05) is 22.3 Å². The first kappa shape index (κ1) is 12.5. The number of hydrogen-bond acceptors (Lipinski definition) is 3. The number of ether oxygens (including phenoxy) is 1. The molecule has 0 spiro atoms. The van der Waals surface area contributed by atoms with Crippen molar-refractivity contribution < 1.29 is 9.53 Å². The van der Waals surface area contributed by atoms with Crippen molar-refractivity contribution >= 4 is 34.4 Å². The lowest BCUT2D eigenvalue weighted by Crippen LogP contribution is -2.33. The summed E-state index contributed by atoms with van der Waals surface area (Å²) in [5.74, 6) is 0. The molecule has 0 atom stereocenters. The lowest BCUT2D eigenvalue weighted by molar-refractivity contribution is 0.125. The summed E-state index contributed by atoms with van der Waals surface area (Å²) in [5, 5.41) is 0. The molecule has 0 radical (unpaired) electrons. The highest BCUT2D eigenvalue weighted by Crippen LogP contribution is 2.24. The van der Waals surface area contributed by atoms with Crippen molar-refractivity contribution in [3.63, 3.8) is 0 Å². The highest BCUT2D eigenvalue weighted by atomic mass is 127. The van der Waals surface area contributed by atoms with Crippen LogP contribution in [0.3, 0.4) is 0 Å². The molecule has 0 fully saturated rings. The largest absolute Gasteiger partial charge is 0.453 e. The van der Waals surface area contributed by atoms with Gasteiger partial charge in [-0.15, -0.1) is 0 Å². The van der Waals surface area contributed by atoms with E-state index < -0.39 is 0 Å². The van der Waals surface area contributed by atoms with Crippen LogP contribution in [0, 0.1) is 3.57 Å². The number of nitrogen functional groups attached to an aromatic ring is 1. The summed E-state index contributed by atoms with van der Waals surface area (Å²) in [4.78, 5) is 13.2. The fourth-order valence-electron chi connectivity index (χ4n) is 2.08. The smallest absolute Gasteiger partial charge is 0.409 e. The van der Waals surface area contributed by atoms with Gasteiger partial charge in [0.1, 0.15) is 0 Å². The van der Waals surface area contributed by atoms with Crippen LogP contribution < -0.4 is 5.73 Å². The van der Waals surface area contributed by atoms with E-state index in [4.69, 9.17) is 10.5 Å². The zero-order valence-electron chi connectivity index (χ0n) is 9.70. The molecule has 1 amide bonds. The van der Waals surface area contributed by atoms with Crippen LogP contribution >= 0.6 is 22.6 Å². The molecule has 0 aliphatic carbocycles. The van der Waals surface area contributed by atoms with Crippen LogP contribution in [0.4, 0.5) is 10.5 Å².